The summed E-state index contributed by atoms with van der Waals surface area (Å²) in [5.74, 6) is 1.10. The number of carbonyl (C=O) groups excluding carboxylic acids is 1. The lowest BCUT2D eigenvalue weighted by Crippen LogP contribution is -2.25. The summed E-state index contributed by atoms with van der Waals surface area (Å²) < 4.78 is 22.7. The third-order valence-corrected chi connectivity index (χ3v) is 5.81. The van der Waals surface area contributed by atoms with Gasteiger partial charge in [0.1, 0.15) is 0 Å². The summed E-state index contributed by atoms with van der Waals surface area (Å²) in [6.07, 6.45) is 0.654. The van der Waals surface area contributed by atoms with E-state index in [-0.39, 0.29) is 17.2 Å². The normalized spacial score (nSPS) is 10.8. The molecule has 3 aromatic rings. The van der Waals surface area contributed by atoms with Crippen LogP contribution in [-0.4, -0.2) is 56.3 Å². The van der Waals surface area contributed by atoms with Crippen molar-refractivity contribution in [2.45, 2.75) is 18.1 Å². The number of anilines is 1. The number of fused-ring (bicyclic) bond motifs is 1. The monoisotopic (exact) mass is 473 g/mol. The molecule has 0 saturated heterocycles. The van der Waals surface area contributed by atoms with Crippen molar-refractivity contribution in [1.82, 2.24) is 9.55 Å². The van der Waals surface area contributed by atoms with Gasteiger partial charge in [0.15, 0.2) is 16.7 Å². The van der Waals surface area contributed by atoms with E-state index < -0.39 is 0 Å². The number of hydrogen-bond donors (Lipinski definition) is 1. The van der Waals surface area contributed by atoms with E-state index in [0.717, 1.165) is 0 Å². The van der Waals surface area contributed by atoms with Gasteiger partial charge in [0, 0.05) is 38.1 Å². The molecule has 0 atom stereocenters. The Hall–Kier alpha value is -3.24. The molecule has 1 N–H and O–H groups in total. The maximum Gasteiger partial charge on any atom is 0.262 e. The van der Waals surface area contributed by atoms with Gasteiger partial charge in [0.05, 0.1) is 38.0 Å². The summed E-state index contributed by atoms with van der Waals surface area (Å²) in [6, 6.07) is 10.5. The van der Waals surface area contributed by atoms with Crippen molar-refractivity contribution in [2.24, 2.45) is 0 Å². The lowest BCUT2D eigenvalue weighted by molar-refractivity contribution is -0.113. The SMILES string of the molecule is COCCCn1c(SCC(=O)Nc2cc(OC)c(OC)c(OC)c2)nc2ccccc2c1=O. The molecule has 0 radical (unpaired) electrons. The Balaban J connectivity index is 1.80. The van der Waals surface area contributed by atoms with Crippen molar-refractivity contribution >= 4 is 34.3 Å². The van der Waals surface area contributed by atoms with Crippen molar-refractivity contribution in [1.29, 1.82) is 0 Å². The molecule has 0 aliphatic rings. The van der Waals surface area contributed by atoms with Crippen LogP contribution in [0.1, 0.15) is 6.42 Å². The van der Waals surface area contributed by atoms with Gasteiger partial charge in [-0.2, -0.15) is 0 Å². The van der Waals surface area contributed by atoms with Crippen LogP contribution in [-0.2, 0) is 16.1 Å². The van der Waals surface area contributed by atoms with Crippen LogP contribution in [0.25, 0.3) is 10.9 Å². The maximum absolute atomic E-state index is 13.0. The number of carbonyl (C=O) groups is 1. The topological polar surface area (TPSA) is 101 Å². The third-order valence-electron chi connectivity index (χ3n) is 4.84. The molecule has 10 heteroatoms. The molecule has 0 fully saturated rings. The molecule has 0 spiro atoms. The van der Waals surface area contributed by atoms with E-state index >= 15 is 0 Å². The molecule has 33 heavy (non-hydrogen) atoms. The van der Waals surface area contributed by atoms with Crippen LogP contribution < -0.4 is 25.1 Å². The van der Waals surface area contributed by atoms with Gasteiger partial charge in [0.2, 0.25) is 11.7 Å². The van der Waals surface area contributed by atoms with E-state index in [4.69, 9.17) is 18.9 Å². The molecule has 0 aliphatic heterocycles. The number of amides is 1. The number of benzene rings is 2. The molecule has 0 unspecified atom stereocenters. The lowest BCUT2D eigenvalue weighted by atomic mass is 10.2. The Kier molecular flexibility index (Phi) is 8.56. The first-order valence-corrected chi connectivity index (χ1v) is 11.2. The highest BCUT2D eigenvalue weighted by Crippen LogP contribution is 2.40. The van der Waals surface area contributed by atoms with E-state index in [9.17, 15) is 9.59 Å². The van der Waals surface area contributed by atoms with Crippen LogP contribution in [0.2, 0.25) is 0 Å². The van der Waals surface area contributed by atoms with Gasteiger partial charge in [-0.1, -0.05) is 23.9 Å². The predicted octanol–water partition coefficient (Wildman–Crippen LogP) is 3.19. The first-order chi connectivity index (χ1) is 16.0. The number of hydrogen-bond acceptors (Lipinski definition) is 8. The van der Waals surface area contributed by atoms with Gasteiger partial charge in [-0.25, -0.2) is 4.98 Å². The highest BCUT2D eigenvalue weighted by atomic mass is 32.2. The minimum atomic E-state index is -0.264. The van der Waals surface area contributed by atoms with Gasteiger partial charge in [0.25, 0.3) is 5.56 Å². The smallest absolute Gasteiger partial charge is 0.262 e. The minimum Gasteiger partial charge on any atom is -0.493 e. The fourth-order valence-electron chi connectivity index (χ4n) is 3.30. The maximum atomic E-state index is 13.0. The van der Waals surface area contributed by atoms with Crippen LogP contribution in [0.4, 0.5) is 5.69 Å². The fourth-order valence-corrected chi connectivity index (χ4v) is 4.13. The number of para-hydroxylation sites is 1. The van der Waals surface area contributed by atoms with Crippen LogP contribution >= 0.6 is 11.8 Å². The van der Waals surface area contributed by atoms with Crippen molar-refractivity contribution in [3.05, 3.63) is 46.8 Å². The number of nitrogens with zero attached hydrogens (tertiary/aromatic N) is 2. The average molecular weight is 474 g/mol. The quantitative estimate of drug-likeness (QED) is 0.257. The fraction of sp³-hybridized carbons (Fsp3) is 0.348. The molecule has 0 saturated carbocycles. The Bertz CT molecular complexity index is 1160. The lowest BCUT2D eigenvalue weighted by Gasteiger charge is -2.15. The second kappa shape index (κ2) is 11.6. The highest BCUT2D eigenvalue weighted by Gasteiger charge is 2.16. The molecule has 9 nitrogen and oxygen atoms in total. The second-order valence-electron chi connectivity index (χ2n) is 6.97. The molecule has 0 aliphatic carbocycles. The zero-order valence-electron chi connectivity index (χ0n) is 19.0. The Morgan fingerprint density at radius 1 is 1.06 bits per heavy atom. The number of nitrogens with one attached hydrogen (secondary N) is 1. The molecule has 0 bridgehead atoms. The summed E-state index contributed by atoms with van der Waals surface area (Å²) in [5, 5.41) is 3.85. The Labute approximate surface area is 196 Å². The molecule has 176 valence electrons. The van der Waals surface area contributed by atoms with Gasteiger partial charge < -0.3 is 24.3 Å². The van der Waals surface area contributed by atoms with Crippen molar-refractivity contribution in [3.63, 3.8) is 0 Å². The number of methoxy groups -OCH3 is 4. The van der Waals surface area contributed by atoms with Crippen LogP contribution in [0.3, 0.4) is 0 Å². The van der Waals surface area contributed by atoms with Gasteiger partial charge >= 0.3 is 0 Å². The summed E-state index contributed by atoms with van der Waals surface area (Å²) in [4.78, 5) is 30.3. The molecule has 2 aromatic carbocycles. The first kappa shape index (κ1) is 24.4. The first-order valence-electron chi connectivity index (χ1n) is 10.2. The van der Waals surface area contributed by atoms with E-state index in [1.54, 1.807) is 35.9 Å². The van der Waals surface area contributed by atoms with Crippen LogP contribution in [0.5, 0.6) is 17.2 Å². The van der Waals surface area contributed by atoms with Gasteiger partial charge in [-0.3, -0.25) is 14.2 Å². The van der Waals surface area contributed by atoms with Gasteiger partial charge in [-0.05, 0) is 18.6 Å². The zero-order valence-corrected chi connectivity index (χ0v) is 19.9. The molecular weight excluding hydrogens is 446 g/mol. The highest BCUT2D eigenvalue weighted by molar-refractivity contribution is 7.99. The largest absolute Gasteiger partial charge is 0.493 e. The summed E-state index contributed by atoms with van der Waals surface area (Å²) in [6.45, 7) is 0.965. The Morgan fingerprint density at radius 2 is 1.76 bits per heavy atom. The third kappa shape index (κ3) is 5.77. The van der Waals surface area contributed by atoms with E-state index in [1.807, 2.05) is 12.1 Å². The number of aromatic nitrogens is 2. The second-order valence-corrected chi connectivity index (χ2v) is 7.91. The number of ether oxygens (including phenoxy) is 4. The van der Waals surface area contributed by atoms with E-state index in [0.29, 0.717) is 58.6 Å². The van der Waals surface area contributed by atoms with Gasteiger partial charge in [-0.15, -0.1) is 0 Å². The molecule has 1 heterocycles. The van der Waals surface area contributed by atoms with E-state index in [2.05, 4.69) is 10.3 Å². The van der Waals surface area contributed by atoms with E-state index in [1.165, 1.54) is 33.1 Å². The zero-order chi connectivity index (χ0) is 23.8. The number of rotatable bonds is 11. The average Bonchev–Trinajstić information content (AvgIpc) is 2.83. The van der Waals surface area contributed by atoms with Crippen LogP contribution in [0, 0.1) is 0 Å². The van der Waals surface area contributed by atoms with Crippen LogP contribution in [0.15, 0.2) is 46.3 Å². The van der Waals surface area contributed by atoms with Crippen molar-refractivity contribution < 1.29 is 23.7 Å². The summed E-state index contributed by atoms with van der Waals surface area (Å²) >= 11 is 1.20. The minimum absolute atomic E-state index is 0.0612. The standard InChI is InChI=1S/C23H27N3O6S/c1-29-11-7-10-26-22(28)16-8-5-6-9-17(16)25-23(26)33-14-20(27)24-15-12-18(30-2)21(32-4)19(13-15)31-3/h5-6,8-9,12-13H,7,10-11,14H2,1-4H3,(H,24,27). The molecule has 1 aromatic heterocycles. The molecular formula is C23H27N3O6S. The number of thioether (sulfide) groups is 1. The summed E-state index contributed by atoms with van der Waals surface area (Å²) in [7, 11) is 6.14. The van der Waals surface area contributed by atoms with Crippen molar-refractivity contribution in [2.75, 3.05) is 46.1 Å². The predicted molar refractivity (Wildman–Crippen MR) is 128 cm³/mol. The molecule has 3 rings (SSSR count). The summed E-state index contributed by atoms with van der Waals surface area (Å²) in [5.41, 5.74) is 0.960. The van der Waals surface area contributed by atoms with Crippen molar-refractivity contribution in [3.8, 4) is 17.2 Å². The Morgan fingerprint density at radius 3 is 2.39 bits per heavy atom. The molecule has 1 amide bonds.